The highest BCUT2D eigenvalue weighted by Gasteiger charge is 2.29. The van der Waals surface area contributed by atoms with Crippen molar-refractivity contribution in [3.8, 4) is 0 Å². The molecule has 0 bridgehead atoms. The Kier molecular flexibility index (Phi) is 6.80. The number of anilines is 2. The maximum atomic E-state index is 13.3. The lowest BCUT2D eigenvalue weighted by atomic mass is 10.1. The Balaban J connectivity index is 1.70. The lowest BCUT2D eigenvalue weighted by Crippen LogP contribution is -2.41. The molecular formula is C23H29N3O5S. The molecule has 2 aromatic carbocycles. The van der Waals surface area contributed by atoms with Crippen LogP contribution in [0.4, 0.5) is 11.4 Å². The number of nitrogens with zero attached hydrogens (tertiary/aromatic N) is 2. The van der Waals surface area contributed by atoms with E-state index in [1.165, 1.54) is 10.4 Å². The summed E-state index contributed by atoms with van der Waals surface area (Å²) in [5.74, 6) is -0.339. The normalized spacial score (nSPS) is 17.9. The van der Waals surface area contributed by atoms with Gasteiger partial charge < -0.3 is 19.7 Å². The zero-order valence-corrected chi connectivity index (χ0v) is 19.3. The van der Waals surface area contributed by atoms with Crippen molar-refractivity contribution in [1.29, 1.82) is 0 Å². The number of carbonyl (C=O) groups excluding carboxylic acids is 1. The van der Waals surface area contributed by atoms with Crippen molar-refractivity contribution in [3.63, 3.8) is 0 Å². The van der Waals surface area contributed by atoms with Crippen LogP contribution in [0.5, 0.6) is 0 Å². The fourth-order valence-corrected chi connectivity index (χ4v) is 5.33. The van der Waals surface area contributed by atoms with Gasteiger partial charge in [0, 0.05) is 37.6 Å². The lowest BCUT2D eigenvalue weighted by Gasteiger charge is -2.31. The maximum absolute atomic E-state index is 13.3. The Bertz CT molecular complexity index is 1090. The maximum Gasteiger partial charge on any atom is 0.257 e. The van der Waals surface area contributed by atoms with Gasteiger partial charge in [-0.2, -0.15) is 4.31 Å². The van der Waals surface area contributed by atoms with Crippen LogP contribution in [0.1, 0.15) is 21.5 Å². The van der Waals surface area contributed by atoms with Crippen LogP contribution in [0.15, 0.2) is 41.3 Å². The van der Waals surface area contributed by atoms with Gasteiger partial charge in [0.05, 0.1) is 36.9 Å². The summed E-state index contributed by atoms with van der Waals surface area (Å²) in [5, 5.41) is 2.94. The molecule has 2 aliphatic heterocycles. The van der Waals surface area contributed by atoms with Gasteiger partial charge in [-0.15, -0.1) is 0 Å². The second-order valence-electron chi connectivity index (χ2n) is 8.05. The van der Waals surface area contributed by atoms with E-state index in [9.17, 15) is 13.2 Å². The number of rotatable bonds is 5. The molecule has 1 amide bonds. The highest BCUT2D eigenvalue weighted by molar-refractivity contribution is 7.89. The molecule has 32 heavy (non-hydrogen) atoms. The molecule has 1 N–H and O–H groups in total. The van der Waals surface area contributed by atoms with E-state index in [1.807, 2.05) is 32.0 Å². The Hall–Kier alpha value is -2.46. The van der Waals surface area contributed by atoms with Gasteiger partial charge in [0.2, 0.25) is 10.0 Å². The third-order valence-corrected chi connectivity index (χ3v) is 7.83. The summed E-state index contributed by atoms with van der Waals surface area (Å²) in [5.41, 5.74) is 3.91. The summed E-state index contributed by atoms with van der Waals surface area (Å²) in [4.78, 5) is 15.5. The van der Waals surface area contributed by atoms with Crippen molar-refractivity contribution in [3.05, 3.63) is 53.1 Å². The van der Waals surface area contributed by atoms with E-state index in [4.69, 9.17) is 9.47 Å². The van der Waals surface area contributed by atoms with Gasteiger partial charge in [-0.3, -0.25) is 4.79 Å². The molecule has 2 heterocycles. The van der Waals surface area contributed by atoms with Crippen molar-refractivity contribution in [1.82, 2.24) is 4.31 Å². The van der Waals surface area contributed by atoms with E-state index in [2.05, 4.69) is 10.2 Å². The number of hydrogen-bond donors (Lipinski definition) is 1. The number of amides is 1. The van der Waals surface area contributed by atoms with Crippen LogP contribution >= 0.6 is 0 Å². The highest BCUT2D eigenvalue weighted by atomic mass is 32.2. The molecule has 0 spiro atoms. The molecule has 2 aromatic rings. The van der Waals surface area contributed by atoms with E-state index in [0.29, 0.717) is 69.5 Å². The smallest absolute Gasteiger partial charge is 0.257 e. The molecule has 172 valence electrons. The van der Waals surface area contributed by atoms with E-state index in [1.54, 1.807) is 12.1 Å². The number of carbonyl (C=O) groups is 1. The quantitative estimate of drug-likeness (QED) is 0.739. The molecule has 2 fully saturated rings. The second kappa shape index (κ2) is 9.58. The summed E-state index contributed by atoms with van der Waals surface area (Å²) in [7, 11) is -3.72. The number of aryl methyl sites for hydroxylation is 2. The Labute approximate surface area is 189 Å². The van der Waals surface area contributed by atoms with Gasteiger partial charge in [-0.05, 0) is 55.3 Å². The first-order valence-electron chi connectivity index (χ1n) is 10.8. The summed E-state index contributed by atoms with van der Waals surface area (Å²) >= 11 is 0. The third-order valence-electron chi connectivity index (χ3n) is 5.94. The van der Waals surface area contributed by atoms with Crippen LogP contribution in [0.2, 0.25) is 0 Å². The summed E-state index contributed by atoms with van der Waals surface area (Å²) in [6, 6.07) is 10.5. The Morgan fingerprint density at radius 3 is 2.19 bits per heavy atom. The van der Waals surface area contributed by atoms with E-state index >= 15 is 0 Å². The number of hydrogen-bond acceptors (Lipinski definition) is 6. The molecule has 0 saturated carbocycles. The van der Waals surface area contributed by atoms with Crippen molar-refractivity contribution in [2.75, 3.05) is 62.8 Å². The van der Waals surface area contributed by atoms with Crippen LogP contribution in [0.25, 0.3) is 0 Å². The summed E-state index contributed by atoms with van der Waals surface area (Å²) in [6.07, 6.45) is 0. The molecule has 0 aliphatic carbocycles. The monoisotopic (exact) mass is 459 g/mol. The molecule has 4 rings (SSSR count). The molecule has 0 aromatic heterocycles. The number of nitrogens with one attached hydrogen (secondary N) is 1. The largest absolute Gasteiger partial charge is 0.379 e. The van der Waals surface area contributed by atoms with E-state index in [-0.39, 0.29) is 10.8 Å². The van der Waals surface area contributed by atoms with Gasteiger partial charge in [-0.1, -0.05) is 6.07 Å². The predicted molar refractivity (Wildman–Crippen MR) is 123 cm³/mol. The number of morpholine rings is 2. The van der Waals surface area contributed by atoms with Crippen molar-refractivity contribution >= 4 is 27.3 Å². The van der Waals surface area contributed by atoms with Crippen molar-refractivity contribution in [2.45, 2.75) is 18.7 Å². The number of sulfonamides is 1. The van der Waals surface area contributed by atoms with Crippen LogP contribution < -0.4 is 10.2 Å². The standard InChI is InChI=1S/C23H29N3O5S/c1-17-3-4-19(15-18(17)2)24-23(27)21-16-20(32(28,29)26-9-13-31-14-10-26)5-6-22(21)25-7-11-30-12-8-25/h3-6,15-16H,7-14H2,1-2H3,(H,24,27). The average Bonchev–Trinajstić information content (AvgIpc) is 2.82. The average molecular weight is 460 g/mol. The molecule has 0 radical (unpaired) electrons. The molecule has 2 saturated heterocycles. The molecule has 2 aliphatic rings. The van der Waals surface area contributed by atoms with Crippen LogP contribution in [0, 0.1) is 13.8 Å². The summed E-state index contributed by atoms with van der Waals surface area (Å²) in [6.45, 7) is 7.74. The second-order valence-corrected chi connectivity index (χ2v) is 9.99. The Morgan fingerprint density at radius 2 is 1.53 bits per heavy atom. The van der Waals surface area contributed by atoms with E-state index < -0.39 is 10.0 Å². The highest BCUT2D eigenvalue weighted by Crippen LogP contribution is 2.28. The zero-order chi connectivity index (χ0) is 22.7. The topological polar surface area (TPSA) is 88.2 Å². The molecule has 9 heteroatoms. The van der Waals surface area contributed by atoms with Crippen LogP contribution in [0.3, 0.4) is 0 Å². The molecule has 0 unspecified atom stereocenters. The number of ether oxygens (including phenoxy) is 2. The molecular weight excluding hydrogens is 430 g/mol. The van der Waals surface area contributed by atoms with Gasteiger partial charge in [0.15, 0.2) is 0 Å². The zero-order valence-electron chi connectivity index (χ0n) is 18.5. The van der Waals surface area contributed by atoms with Gasteiger partial charge in [-0.25, -0.2) is 8.42 Å². The first-order valence-corrected chi connectivity index (χ1v) is 12.2. The predicted octanol–water partition coefficient (Wildman–Crippen LogP) is 2.41. The molecule has 0 atom stereocenters. The van der Waals surface area contributed by atoms with Gasteiger partial charge in [0.1, 0.15) is 0 Å². The van der Waals surface area contributed by atoms with Gasteiger partial charge in [0.25, 0.3) is 5.91 Å². The van der Waals surface area contributed by atoms with E-state index in [0.717, 1.165) is 11.1 Å². The minimum atomic E-state index is -3.72. The van der Waals surface area contributed by atoms with Crippen LogP contribution in [-0.2, 0) is 19.5 Å². The number of benzene rings is 2. The minimum absolute atomic E-state index is 0.113. The van der Waals surface area contributed by atoms with Gasteiger partial charge >= 0.3 is 0 Å². The SMILES string of the molecule is Cc1ccc(NC(=O)c2cc(S(=O)(=O)N3CCOCC3)ccc2N2CCOCC2)cc1C. The van der Waals surface area contributed by atoms with Crippen molar-refractivity contribution in [2.24, 2.45) is 0 Å². The Morgan fingerprint density at radius 1 is 0.875 bits per heavy atom. The fraction of sp³-hybridized carbons (Fsp3) is 0.435. The van der Waals surface area contributed by atoms with Crippen LogP contribution in [-0.4, -0.2) is 71.2 Å². The summed E-state index contributed by atoms with van der Waals surface area (Å²) < 4.78 is 38.5. The minimum Gasteiger partial charge on any atom is -0.379 e. The lowest BCUT2D eigenvalue weighted by molar-refractivity contribution is 0.0730. The third kappa shape index (κ3) is 4.80. The first-order chi connectivity index (χ1) is 15.4. The first kappa shape index (κ1) is 22.7. The molecule has 8 nitrogen and oxygen atoms in total. The van der Waals surface area contributed by atoms with Crippen molar-refractivity contribution < 1.29 is 22.7 Å². The fourth-order valence-electron chi connectivity index (χ4n) is 3.89.